The number of benzene rings is 3. The summed E-state index contributed by atoms with van der Waals surface area (Å²) in [6, 6.07) is 24.3. The molecule has 1 N–H and O–H groups in total. The average molecular weight is 450 g/mol. The number of nitrogens with one attached hydrogen (secondary N) is 1. The molecular weight excluding hydrogens is 426 g/mol. The summed E-state index contributed by atoms with van der Waals surface area (Å²) in [5.41, 5.74) is 2.69. The van der Waals surface area contributed by atoms with Crippen molar-refractivity contribution in [2.75, 3.05) is 6.26 Å². The van der Waals surface area contributed by atoms with Crippen molar-refractivity contribution in [3.63, 3.8) is 0 Å². The monoisotopic (exact) mass is 449 g/mol. The highest BCUT2D eigenvalue weighted by Crippen LogP contribution is 2.28. The van der Waals surface area contributed by atoms with E-state index in [1.165, 1.54) is 0 Å². The Kier molecular flexibility index (Phi) is 6.28. The van der Waals surface area contributed by atoms with E-state index in [0.717, 1.165) is 17.4 Å². The molecular formula is C25H23NO5S. The Hall–Kier alpha value is -3.58. The van der Waals surface area contributed by atoms with Crippen LogP contribution in [0.1, 0.15) is 27.2 Å². The van der Waals surface area contributed by atoms with Crippen molar-refractivity contribution >= 4 is 26.7 Å². The second-order valence-corrected chi connectivity index (χ2v) is 9.68. The minimum atomic E-state index is -3.36. The zero-order valence-corrected chi connectivity index (χ0v) is 18.4. The van der Waals surface area contributed by atoms with Crippen molar-refractivity contribution in [3.05, 3.63) is 101 Å². The van der Waals surface area contributed by atoms with E-state index in [9.17, 15) is 13.2 Å². The summed E-state index contributed by atoms with van der Waals surface area (Å²) in [6.07, 6.45) is 1.14. The number of para-hydroxylation sites is 2. The number of fused-ring (bicyclic) bond motifs is 1. The van der Waals surface area contributed by atoms with Gasteiger partial charge < -0.3 is 14.5 Å². The molecule has 3 aromatic carbocycles. The van der Waals surface area contributed by atoms with Crippen molar-refractivity contribution in [1.82, 2.24) is 5.32 Å². The van der Waals surface area contributed by atoms with Gasteiger partial charge in [0, 0.05) is 29.3 Å². The number of furan rings is 1. The first-order valence-corrected chi connectivity index (χ1v) is 12.2. The van der Waals surface area contributed by atoms with E-state index in [0.29, 0.717) is 28.9 Å². The topological polar surface area (TPSA) is 85.6 Å². The Bertz CT molecular complexity index is 1340. The van der Waals surface area contributed by atoms with Crippen LogP contribution in [-0.4, -0.2) is 20.6 Å². The van der Waals surface area contributed by atoms with E-state index < -0.39 is 15.7 Å². The summed E-state index contributed by atoms with van der Waals surface area (Å²) < 4.78 is 35.5. The lowest BCUT2D eigenvalue weighted by Crippen LogP contribution is -2.24. The summed E-state index contributed by atoms with van der Waals surface area (Å²) in [5, 5.41) is 3.45. The van der Waals surface area contributed by atoms with Crippen LogP contribution in [0.15, 0.2) is 83.3 Å². The van der Waals surface area contributed by atoms with Crippen LogP contribution in [0.4, 0.5) is 0 Å². The first-order valence-electron chi connectivity index (χ1n) is 10.1. The minimum absolute atomic E-state index is 0.0133. The van der Waals surface area contributed by atoms with Gasteiger partial charge in [-0.25, -0.2) is 8.42 Å². The zero-order chi connectivity index (χ0) is 22.6. The number of hydrogen-bond acceptors (Lipinski definition) is 5. The summed E-state index contributed by atoms with van der Waals surface area (Å²) in [5.74, 6) is -0.0709. The molecule has 0 bridgehead atoms. The molecule has 0 atom stereocenters. The third-order valence-electron chi connectivity index (χ3n) is 4.96. The van der Waals surface area contributed by atoms with Gasteiger partial charge in [-0.2, -0.15) is 0 Å². The summed E-state index contributed by atoms with van der Waals surface area (Å²) in [7, 11) is -3.36. The van der Waals surface area contributed by atoms with Crippen molar-refractivity contribution < 1.29 is 22.4 Å². The minimum Gasteiger partial charge on any atom is -0.489 e. The maximum absolute atomic E-state index is 12.9. The van der Waals surface area contributed by atoms with E-state index in [1.54, 1.807) is 24.3 Å². The fourth-order valence-electron chi connectivity index (χ4n) is 3.47. The number of carbonyl (C=O) groups is 1. The van der Waals surface area contributed by atoms with Gasteiger partial charge in [0.1, 0.15) is 17.9 Å². The molecule has 0 fully saturated rings. The number of ether oxygens (including phenoxy) is 1. The van der Waals surface area contributed by atoms with Crippen LogP contribution in [0.5, 0.6) is 5.75 Å². The first-order chi connectivity index (χ1) is 15.4. The molecule has 0 unspecified atom stereocenters. The van der Waals surface area contributed by atoms with Crippen LogP contribution in [-0.2, 0) is 28.7 Å². The molecule has 164 valence electrons. The molecule has 1 aromatic heterocycles. The fraction of sp³-hybridized carbons (Fsp3) is 0.160. The molecule has 1 amide bonds. The van der Waals surface area contributed by atoms with E-state index >= 15 is 0 Å². The van der Waals surface area contributed by atoms with Crippen molar-refractivity contribution in [2.24, 2.45) is 0 Å². The van der Waals surface area contributed by atoms with Crippen LogP contribution in [0.3, 0.4) is 0 Å². The lowest BCUT2D eigenvalue weighted by molar-refractivity contribution is 0.0924. The predicted octanol–water partition coefficient (Wildman–Crippen LogP) is 4.49. The van der Waals surface area contributed by atoms with Crippen LogP contribution < -0.4 is 10.1 Å². The Balaban J connectivity index is 1.52. The smallest absolute Gasteiger partial charge is 0.287 e. The molecule has 0 saturated heterocycles. The molecule has 0 radical (unpaired) electrons. The predicted molar refractivity (Wildman–Crippen MR) is 123 cm³/mol. The third-order valence-corrected chi connectivity index (χ3v) is 5.77. The van der Waals surface area contributed by atoms with E-state index in [2.05, 4.69) is 5.32 Å². The van der Waals surface area contributed by atoms with E-state index in [-0.39, 0.29) is 18.1 Å². The summed E-state index contributed by atoms with van der Waals surface area (Å²) >= 11 is 0. The SMILES string of the molecule is CS(=O)(=O)Cc1c(C(=O)NCc2ccccc2OCc2ccccc2)oc2ccccc12. The van der Waals surface area contributed by atoms with E-state index in [1.807, 2.05) is 54.6 Å². The highest BCUT2D eigenvalue weighted by Gasteiger charge is 2.23. The van der Waals surface area contributed by atoms with Gasteiger partial charge in [0.25, 0.3) is 5.91 Å². The van der Waals surface area contributed by atoms with E-state index in [4.69, 9.17) is 9.15 Å². The molecule has 7 heteroatoms. The van der Waals surface area contributed by atoms with Crippen molar-refractivity contribution in [2.45, 2.75) is 18.9 Å². The number of carbonyl (C=O) groups excluding carboxylic acids is 1. The molecule has 6 nitrogen and oxygen atoms in total. The Morgan fingerprint density at radius 1 is 0.938 bits per heavy atom. The van der Waals surface area contributed by atoms with Gasteiger partial charge >= 0.3 is 0 Å². The average Bonchev–Trinajstić information content (AvgIpc) is 3.14. The quantitative estimate of drug-likeness (QED) is 0.428. The van der Waals surface area contributed by atoms with Gasteiger partial charge in [-0.05, 0) is 17.7 Å². The highest BCUT2D eigenvalue weighted by atomic mass is 32.2. The summed E-state index contributed by atoms with van der Waals surface area (Å²) in [4.78, 5) is 12.9. The molecule has 32 heavy (non-hydrogen) atoms. The number of amides is 1. The maximum atomic E-state index is 12.9. The number of sulfone groups is 1. The fourth-order valence-corrected chi connectivity index (χ4v) is 4.28. The molecule has 0 aliphatic rings. The molecule has 4 rings (SSSR count). The first kappa shape index (κ1) is 21.6. The summed E-state index contributed by atoms with van der Waals surface area (Å²) in [6.45, 7) is 0.618. The van der Waals surface area contributed by atoms with Gasteiger partial charge in [0.2, 0.25) is 0 Å². The molecule has 0 aliphatic carbocycles. The second kappa shape index (κ2) is 9.28. The van der Waals surface area contributed by atoms with Crippen molar-refractivity contribution in [3.8, 4) is 5.75 Å². The lowest BCUT2D eigenvalue weighted by atomic mass is 10.1. The van der Waals surface area contributed by atoms with Gasteiger partial charge in [0.05, 0.1) is 5.75 Å². The van der Waals surface area contributed by atoms with Crippen LogP contribution in [0, 0.1) is 0 Å². The van der Waals surface area contributed by atoms with Crippen LogP contribution in [0.25, 0.3) is 11.0 Å². The lowest BCUT2D eigenvalue weighted by Gasteiger charge is -2.12. The van der Waals surface area contributed by atoms with Gasteiger partial charge in [-0.15, -0.1) is 0 Å². The molecule has 0 saturated carbocycles. The Morgan fingerprint density at radius 3 is 2.41 bits per heavy atom. The molecule has 0 aliphatic heterocycles. The van der Waals surface area contributed by atoms with Crippen LogP contribution in [0.2, 0.25) is 0 Å². The van der Waals surface area contributed by atoms with Gasteiger partial charge in [-0.3, -0.25) is 4.79 Å². The second-order valence-electron chi connectivity index (χ2n) is 7.54. The molecule has 4 aromatic rings. The van der Waals surface area contributed by atoms with Gasteiger partial charge in [0.15, 0.2) is 15.6 Å². The van der Waals surface area contributed by atoms with Crippen molar-refractivity contribution in [1.29, 1.82) is 0 Å². The van der Waals surface area contributed by atoms with Crippen LogP contribution >= 0.6 is 0 Å². The normalized spacial score (nSPS) is 11.4. The third kappa shape index (κ3) is 5.18. The van der Waals surface area contributed by atoms with Gasteiger partial charge in [-0.1, -0.05) is 66.7 Å². The Labute approximate surface area is 186 Å². The molecule has 1 heterocycles. The Morgan fingerprint density at radius 2 is 1.62 bits per heavy atom. The standard InChI is InChI=1S/C25H23NO5S/c1-32(28,29)17-21-20-12-6-8-14-23(20)31-24(21)25(27)26-15-19-11-5-7-13-22(19)30-16-18-9-3-2-4-10-18/h2-14H,15-17H2,1H3,(H,26,27). The zero-order valence-electron chi connectivity index (χ0n) is 17.6. The largest absolute Gasteiger partial charge is 0.489 e. The highest BCUT2D eigenvalue weighted by molar-refractivity contribution is 7.89. The molecule has 0 spiro atoms. The number of rotatable bonds is 8. The number of hydrogen-bond donors (Lipinski definition) is 1. The maximum Gasteiger partial charge on any atom is 0.287 e.